The number of hydrogen-bond acceptors (Lipinski definition) is 6. The number of rotatable bonds is 10. The summed E-state index contributed by atoms with van der Waals surface area (Å²) in [5.74, 6) is 0.898. The van der Waals surface area contributed by atoms with Crippen LogP contribution < -0.4 is 15.4 Å². The summed E-state index contributed by atoms with van der Waals surface area (Å²) < 4.78 is 5.89. The maximum atomic E-state index is 12.1. The summed E-state index contributed by atoms with van der Waals surface area (Å²) in [4.78, 5) is 28.7. The van der Waals surface area contributed by atoms with E-state index in [1.165, 1.54) is 47.9 Å². The van der Waals surface area contributed by atoms with Gasteiger partial charge in [0.2, 0.25) is 11.8 Å². The standard InChI is InChI=1S/C22H27N3O3S2/c1-28-19-9-7-17(8-10-19)24-21(27)15-30-22-25-18(14-29-22)13-20(26)23-12-11-16-5-3-2-4-6-16/h5,7-10,14H,2-4,6,11-13,15H2,1H3,(H,23,26)(H,24,27). The Morgan fingerprint density at radius 3 is 2.77 bits per heavy atom. The number of ether oxygens (including phenoxy) is 1. The molecule has 2 amide bonds. The summed E-state index contributed by atoms with van der Waals surface area (Å²) >= 11 is 2.83. The van der Waals surface area contributed by atoms with Crippen molar-refractivity contribution in [1.82, 2.24) is 10.3 Å². The first-order valence-corrected chi connectivity index (χ1v) is 11.9. The first-order chi connectivity index (χ1) is 14.6. The molecule has 1 heterocycles. The maximum absolute atomic E-state index is 12.1. The van der Waals surface area contributed by atoms with Gasteiger partial charge in [-0.2, -0.15) is 0 Å². The quantitative estimate of drug-likeness (QED) is 0.418. The van der Waals surface area contributed by atoms with Crippen molar-refractivity contribution in [3.8, 4) is 5.75 Å². The highest BCUT2D eigenvalue weighted by Crippen LogP contribution is 2.23. The molecule has 0 fully saturated rings. The lowest BCUT2D eigenvalue weighted by Crippen LogP contribution is -2.26. The predicted molar refractivity (Wildman–Crippen MR) is 122 cm³/mol. The zero-order chi connectivity index (χ0) is 21.2. The van der Waals surface area contributed by atoms with E-state index in [1.54, 1.807) is 31.4 Å². The van der Waals surface area contributed by atoms with Crippen molar-refractivity contribution in [3.63, 3.8) is 0 Å². The van der Waals surface area contributed by atoms with Crippen LogP contribution in [-0.2, 0) is 16.0 Å². The summed E-state index contributed by atoms with van der Waals surface area (Å²) in [6.07, 6.45) is 8.39. The van der Waals surface area contributed by atoms with E-state index in [9.17, 15) is 9.59 Å². The van der Waals surface area contributed by atoms with Gasteiger partial charge in [0.25, 0.3) is 0 Å². The van der Waals surface area contributed by atoms with Gasteiger partial charge in [-0.25, -0.2) is 4.98 Å². The fourth-order valence-corrected chi connectivity index (χ4v) is 4.80. The van der Waals surface area contributed by atoms with Crippen LogP contribution in [0.5, 0.6) is 5.75 Å². The van der Waals surface area contributed by atoms with Crippen LogP contribution in [0, 0.1) is 0 Å². The van der Waals surface area contributed by atoms with Gasteiger partial charge < -0.3 is 15.4 Å². The van der Waals surface area contributed by atoms with Crippen molar-refractivity contribution in [2.45, 2.75) is 42.9 Å². The molecule has 0 bridgehead atoms. The number of aromatic nitrogens is 1. The molecule has 1 aromatic heterocycles. The summed E-state index contributed by atoms with van der Waals surface area (Å²) in [7, 11) is 1.60. The third-order valence-electron chi connectivity index (χ3n) is 4.73. The van der Waals surface area contributed by atoms with E-state index in [0.29, 0.717) is 6.54 Å². The van der Waals surface area contributed by atoms with Crippen molar-refractivity contribution in [2.75, 3.05) is 24.7 Å². The van der Waals surface area contributed by atoms with Gasteiger partial charge in [-0.15, -0.1) is 11.3 Å². The molecule has 8 heteroatoms. The zero-order valence-electron chi connectivity index (χ0n) is 17.1. The van der Waals surface area contributed by atoms with Gasteiger partial charge in [0, 0.05) is 17.6 Å². The second-order valence-electron chi connectivity index (χ2n) is 7.05. The van der Waals surface area contributed by atoms with Crippen LogP contribution in [0.1, 0.15) is 37.8 Å². The van der Waals surface area contributed by atoms with Gasteiger partial charge in [0.05, 0.1) is 25.0 Å². The molecule has 2 N–H and O–H groups in total. The monoisotopic (exact) mass is 445 g/mol. The first kappa shape index (κ1) is 22.4. The number of hydrogen-bond donors (Lipinski definition) is 2. The van der Waals surface area contributed by atoms with Crippen molar-refractivity contribution >= 4 is 40.6 Å². The lowest BCUT2D eigenvalue weighted by Gasteiger charge is -2.12. The number of nitrogens with one attached hydrogen (secondary N) is 2. The van der Waals surface area contributed by atoms with E-state index in [4.69, 9.17) is 4.74 Å². The van der Waals surface area contributed by atoms with E-state index >= 15 is 0 Å². The number of thioether (sulfide) groups is 1. The molecule has 0 spiro atoms. The van der Waals surface area contributed by atoms with Crippen molar-refractivity contribution < 1.29 is 14.3 Å². The number of methoxy groups -OCH3 is 1. The van der Waals surface area contributed by atoms with Crippen LogP contribution >= 0.6 is 23.1 Å². The molecule has 0 radical (unpaired) electrons. The minimum atomic E-state index is -0.100. The topological polar surface area (TPSA) is 80.3 Å². The lowest BCUT2D eigenvalue weighted by molar-refractivity contribution is -0.120. The lowest BCUT2D eigenvalue weighted by atomic mass is 9.97. The normalized spacial score (nSPS) is 13.4. The Labute approximate surface area is 185 Å². The Kier molecular flexibility index (Phi) is 8.77. The van der Waals surface area contributed by atoms with Crippen molar-refractivity contribution in [2.24, 2.45) is 0 Å². The number of amides is 2. The molecule has 2 aromatic rings. The average molecular weight is 446 g/mol. The third-order valence-corrected chi connectivity index (χ3v) is 6.80. The van der Waals surface area contributed by atoms with E-state index in [0.717, 1.165) is 34.3 Å². The molecule has 6 nitrogen and oxygen atoms in total. The molecule has 0 unspecified atom stereocenters. The highest BCUT2D eigenvalue weighted by atomic mass is 32.2. The molecule has 30 heavy (non-hydrogen) atoms. The number of carbonyl (C=O) groups is 2. The molecule has 1 aromatic carbocycles. The van der Waals surface area contributed by atoms with Crippen LogP contribution in [-0.4, -0.2) is 36.2 Å². The first-order valence-electron chi connectivity index (χ1n) is 10.1. The van der Waals surface area contributed by atoms with Gasteiger partial charge in [0.15, 0.2) is 4.34 Å². The number of nitrogens with zero attached hydrogens (tertiary/aromatic N) is 1. The van der Waals surface area contributed by atoms with E-state index < -0.39 is 0 Å². The fraction of sp³-hybridized carbons (Fsp3) is 0.409. The van der Waals surface area contributed by atoms with Crippen molar-refractivity contribution in [1.29, 1.82) is 0 Å². The zero-order valence-corrected chi connectivity index (χ0v) is 18.7. The number of benzene rings is 1. The van der Waals surface area contributed by atoms with Gasteiger partial charge in [-0.05, 0) is 56.4 Å². The molecule has 1 aliphatic rings. The second kappa shape index (κ2) is 11.8. The molecular weight excluding hydrogens is 418 g/mol. The molecule has 0 aliphatic heterocycles. The van der Waals surface area contributed by atoms with Crippen LogP contribution in [0.25, 0.3) is 0 Å². The Bertz CT molecular complexity index is 878. The number of carbonyl (C=O) groups excluding carboxylic acids is 2. The molecular formula is C22H27N3O3S2. The fourth-order valence-electron chi connectivity index (χ4n) is 3.16. The average Bonchev–Trinajstić information content (AvgIpc) is 3.21. The minimum absolute atomic E-state index is 0.00879. The van der Waals surface area contributed by atoms with Crippen LogP contribution in [0.2, 0.25) is 0 Å². The molecule has 0 atom stereocenters. The van der Waals surface area contributed by atoms with E-state index in [-0.39, 0.29) is 24.0 Å². The highest BCUT2D eigenvalue weighted by Gasteiger charge is 2.11. The van der Waals surface area contributed by atoms with Gasteiger partial charge in [-0.1, -0.05) is 23.4 Å². The third kappa shape index (κ3) is 7.50. The molecule has 0 saturated heterocycles. The van der Waals surface area contributed by atoms with E-state index in [2.05, 4.69) is 21.7 Å². The van der Waals surface area contributed by atoms with E-state index in [1.807, 2.05) is 5.38 Å². The summed E-state index contributed by atoms with van der Waals surface area (Å²) in [5, 5.41) is 7.71. The summed E-state index contributed by atoms with van der Waals surface area (Å²) in [6.45, 7) is 0.682. The Balaban J connectivity index is 1.36. The second-order valence-corrected chi connectivity index (χ2v) is 9.14. The summed E-state index contributed by atoms with van der Waals surface area (Å²) in [5.41, 5.74) is 2.93. The van der Waals surface area contributed by atoms with Crippen molar-refractivity contribution in [3.05, 3.63) is 47.0 Å². The number of allylic oxidation sites excluding steroid dienone is 1. The highest BCUT2D eigenvalue weighted by molar-refractivity contribution is 8.01. The van der Waals surface area contributed by atoms with Gasteiger partial charge >= 0.3 is 0 Å². The molecule has 1 aliphatic carbocycles. The number of thiazole rings is 1. The van der Waals surface area contributed by atoms with Crippen LogP contribution in [0.4, 0.5) is 5.69 Å². The maximum Gasteiger partial charge on any atom is 0.234 e. The smallest absolute Gasteiger partial charge is 0.234 e. The molecule has 3 rings (SSSR count). The summed E-state index contributed by atoms with van der Waals surface area (Å²) in [6, 6.07) is 7.19. The van der Waals surface area contributed by atoms with Crippen LogP contribution in [0.3, 0.4) is 0 Å². The number of anilines is 1. The largest absolute Gasteiger partial charge is 0.497 e. The SMILES string of the molecule is COc1ccc(NC(=O)CSc2nc(CC(=O)NCCC3=CCCCC3)cs2)cc1. The molecule has 160 valence electrons. The van der Waals surface area contributed by atoms with Gasteiger partial charge in [-0.3, -0.25) is 9.59 Å². The predicted octanol–water partition coefficient (Wildman–Crippen LogP) is 4.43. The van der Waals surface area contributed by atoms with Crippen LogP contribution in [0.15, 0.2) is 45.6 Å². The Hall–Kier alpha value is -2.32. The minimum Gasteiger partial charge on any atom is -0.497 e. The molecule has 0 saturated carbocycles. The Morgan fingerprint density at radius 1 is 1.20 bits per heavy atom. The Morgan fingerprint density at radius 2 is 2.03 bits per heavy atom. The van der Waals surface area contributed by atoms with Gasteiger partial charge in [0.1, 0.15) is 5.75 Å².